The molecule has 1 N–H and O–H groups in total. The summed E-state index contributed by atoms with van der Waals surface area (Å²) in [7, 11) is -1.89. The molecule has 11 heteroatoms. The standard InChI is InChI=1S/C36H48FN3O6Si/c1-24-34(47(3,4)37)31(21-33(43)39-19-9-10-27(39)23-41)46-36(24)29-20-28(45-2)16-17-30(29)40(35(36)44)22-25-12-14-26(15-13-25)38-18-8-6-5-7-11-32(38)42/h12-17,20,24,27,31,34,41H,5-11,18-19,21-23H2,1-4H3/t24-,27+,31+,34-,36+/m1/s1. The Morgan fingerprint density at radius 2 is 1.81 bits per heavy atom. The van der Waals surface area contributed by atoms with Crippen LogP contribution in [0.15, 0.2) is 42.5 Å². The normalized spacial score (nSPS) is 28.2. The van der Waals surface area contributed by atoms with Gasteiger partial charge in [-0.15, -0.1) is 0 Å². The van der Waals surface area contributed by atoms with Crippen molar-refractivity contribution in [1.82, 2.24) is 4.90 Å². The number of halogens is 1. The van der Waals surface area contributed by atoms with Crippen LogP contribution in [-0.4, -0.2) is 75.1 Å². The fourth-order valence-corrected chi connectivity index (χ4v) is 11.0. The van der Waals surface area contributed by atoms with Gasteiger partial charge >= 0.3 is 0 Å². The highest BCUT2D eigenvalue weighted by Gasteiger charge is 2.67. The number of amides is 3. The minimum Gasteiger partial charge on any atom is -0.497 e. The summed E-state index contributed by atoms with van der Waals surface area (Å²) in [5.41, 5.74) is 0.959. The number of aliphatic hydroxyl groups is 1. The van der Waals surface area contributed by atoms with E-state index in [1.807, 2.05) is 54.3 Å². The lowest BCUT2D eigenvalue weighted by Crippen LogP contribution is -2.45. The first-order valence-electron chi connectivity index (χ1n) is 17.2. The Bertz CT molecular complexity index is 1500. The lowest BCUT2D eigenvalue weighted by Gasteiger charge is -2.31. The quantitative estimate of drug-likeness (QED) is 0.288. The van der Waals surface area contributed by atoms with Crippen molar-refractivity contribution in [3.05, 3.63) is 53.6 Å². The van der Waals surface area contributed by atoms with Gasteiger partial charge < -0.3 is 33.4 Å². The second-order valence-electron chi connectivity index (χ2n) is 14.2. The highest BCUT2D eigenvalue weighted by molar-refractivity contribution is 6.72. The Morgan fingerprint density at radius 1 is 1.06 bits per heavy atom. The average Bonchev–Trinajstić information content (AvgIpc) is 3.70. The molecule has 47 heavy (non-hydrogen) atoms. The molecule has 254 valence electrons. The number of carbonyl (C=O) groups excluding carboxylic acids is 3. The first-order valence-corrected chi connectivity index (χ1v) is 20.1. The van der Waals surface area contributed by atoms with E-state index in [1.54, 1.807) is 30.0 Å². The maximum Gasteiger partial charge on any atom is 0.264 e. The number of hydrogen-bond donors (Lipinski definition) is 1. The number of benzene rings is 2. The van der Waals surface area contributed by atoms with Crippen LogP contribution in [-0.2, 0) is 31.3 Å². The highest BCUT2D eigenvalue weighted by Crippen LogP contribution is 2.60. The van der Waals surface area contributed by atoms with Gasteiger partial charge in [0.1, 0.15) is 5.75 Å². The van der Waals surface area contributed by atoms with E-state index in [-0.39, 0.29) is 43.3 Å². The van der Waals surface area contributed by atoms with Crippen LogP contribution in [0.25, 0.3) is 0 Å². The van der Waals surface area contributed by atoms with E-state index in [4.69, 9.17) is 9.47 Å². The predicted molar refractivity (Wildman–Crippen MR) is 181 cm³/mol. The molecule has 0 aromatic heterocycles. The molecule has 0 unspecified atom stereocenters. The lowest BCUT2D eigenvalue weighted by molar-refractivity contribution is -0.150. The summed E-state index contributed by atoms with van der Waals surface area (Å²) in [6.07, 6.45) is 5.35. The van der Waals surface area contributed by atoms with Gasteiger partial charge in [-0.3, -0.25) is 14.4 Å². The number of likely N-dealkylation sites (tertiary alicyclic amines) is 1. The average molecular weight is 666 g/mol. The predicted octanol–water partition coefficient (Wildman–Crippen LogP) is 5.69. The lowest BCUT2D eigenvalue weighted by atomic mass is 9.82. The van der Waals surface area contributed by atoms with Crippen LogP contribution in [0.1, 0.15) is 69.4 Å². The van der Waals surface area contributed by atoms with Crippen molar-refractivity contribution in [1.29, 1.82) is 0 Å². The molecule has 0 bridgehead atoms. The summed E-state index contributed by atoms with van der Waals surface area (Å²) in [5.74, 6) is -0.285. The molecule has 0 aliphatic carbocycles. The zero-order valence-corrected chi connectivity index (χ0v) is 29.0. The summed E-state index contributed by atoms with van der Waals surface area (Å²) in [5, 5.41) is 9.84. The molecule has 0 saturated carbocycles. The number of methoxy groups -OCH3 is 1. The Hall–Kier alpha value is -3.28. The summed E-state index contributed by atoms with van der Waals surface area (Å²) in [4.78, 5) is 46.4. The van der Waals surface area contributed by atoms with Crippen LogP contribution in [0.2, 0.25) is 18.6 Å². The van der Waals surface area contributed by atoms with Gasteiger partial charge in [0.05, 0.1) is 44.5 Å². The van der Waals surface area contributed by atoms with E-state index < -0.39 is 31.6 Å². The number of hydrogen-bond acceptors (Lipinski definition) is 6. The van der Waals surface area contributed by atoms with E-state index in [1.165, 1.54) is 0 Å². The molecule has 2 aromatic carbocycles. The fourth-order valence-electron chi connectivity index (χ4n) is 8.55. The van der Waals surface area contributed by atoms with Crippen molar-refractivity contribution in [3.63, 3.8) is 0 Å². The third kappa shape index (κ3) is 6.10. The molecule has 4 aliphatic heterocycles. The summed E-state index contributed by atoms with van der Waals surface area (Å²) < 4.78 is 28.6. The number of ether oxygens (including phenoxy) is 2. The van der Waals surface area contributed by atoms with Crippen LogP contribution in [0, 0.1) is 5.92 Å². The van der Waals surface area contributed by atoms with E-state index in [9.17, 15) is 19.5 Å². The zero-order chi connectivity index (χ0) is 33.5. The third-order valence-electron chi connectivity index (χ3n) is 10.9. The van der Waals surface area contributed by atoms with Gasteiger partial charge in [-0.25, -0.2) is 0 Å². The molecule has 3 amide bonds. The van der Waals surface area contributed by atoms with Crippen LogP contribution < -0.4 is 14.5 Å². The monoisotopic (exact) mass is 665 g/mol. The molecule has 2 aromatic rings. The van der Waals surface area contributed by atoms with Crippen molar-refractivity contribution in [3.8, 4) is 5.75 Å². The van der Waals surface area contributed by atoms with Crippen LogP contribution in [0.3, 0.4) is 0 Å². The molecular weight excluding hydrogens is 617 g/mol. The molecule has 6 rings (SSSR count). The number of rotatable bonds is 8. The summed E-state index contributed by atoms with van der Waals surface area (Å²) in [6.45, 7) is 6.55. The summed E-state index contributed by atoms with van der Waals surface area (Å²) >= 11 is 0. The highest BCUT2D eigenvalue weighted by atomic mass is 28.4. The van der Waals surface area contributed by atoms with Crippen LogP contribution >= 0.6 is 0 Å². The van der Waals surface area contributed by atoms with Gasteiger partial charge in [0.15, 0.2) is 5.60 Å². The van der Waals surface area contributed by atoms with Gasteiger partial charge in [0.25, 0.3) is 5.91 Å². The maximum absolute atomic E-state index is 16.3. The number of aliphatic hydroxyl groups excluding tert-OH is 1. The number of nitrogens with zero attached hydrogens (tertiary/aromatic N) is 3. The van der Waals surface area contributed by atoms with E-state index >= 15 is 4.11 Å². The molecule has 4 aliphatic rings. The maximum atomic E-state index is 16.3. The topological polar surface area (TPSA) is 99.6 Å². The first-order chi connectivity index (χ1) is 22.5. The van der Waals surface area contributed by atoms with Crippen molar-refractivity contribution < 1.29 is 33.1 Å². The second kappa shape index (κ2) is 13.3. The SMILES string of the molecule is COc1ccc2c(c1)[C@]1(O[C@@H](CC(=O)N3CCC[C@H]3CO)[C@H]([Si](C)(C)F)[C@H]1C)C(=O)N2Cc1ccc(N2CCCCCCC2=O)cc1. The van der Waals surface area contributed by atoms with E-state index in [0.29, 0.717) is 36.5 Å². The number of anilines is 2. The smallest absolute Gasteiger partial charge is 0.264 e. The van der Waals surface area contributed by atoms with Gasteiger partial charge in [-0.05, 0) is 74.7 Å². The van der Waals surface area contributed by atoms with Crippen LogP contribution in [0.5, 0.6) is 5.75 Å². The number of fused-ring (bicyclic) bond motifs is 2. The van der Waals surface area contributed by atoms with Crippen molar-refractivity contribution in [2.45, 2.75) is 101 Å². The molecule has 9 nitrogen and oxygen atoms in total. The van der Waals surface area contributed by atoms with Crippen molar-refractivity contribution >= 4 is 37.5 Å². The van der Waals surface area contributed by atoms with Gasteiger partial charge in [-0.2, -0.15) is 0 Å². The Morgan fingerprint density at radius 3 is 2.51 bits per heavy atom. The molecule has 5 atom stereocenters. The van der Waals surface area contributed by atoms with Crippen LogP contribution in [0.4, 0.5) is 15.5 Å². The minimum absolute atomic E-state index is 0.0448. The molecule has 0 radical (unpaired) electrons. The molecule has 4 heterocycles. The van der Waals surface area contributed by atoms with Crippen molar-refractivity contribution in [2.75, 3.05) is 36.6 Å². The fraction of sp³-hybridized carbons (Fsp3) is 0.583. The molecule has 3 fully saturated rings. The second-order valence-corrected chi connectivity index (χ2v) is 18.0. The molecule has 1 spiro atoms. The summed E-state index contributed by atoms with van der Waals surface area (Å²) in [6, 6.07) is 13.0. The third-order valence-corrected chi connectivity index (χ3v) is 13.3. The van der Waals surface area contributed by atoms with Crippen molar-refractivity contribution in [2.24, 2.45) is 5.92 Å². The Labute approximate surface area is 278 Å². The first kappa shape index (κ1) is 33.6. The van der Waals surface area contributed by atoms with Gasteiger partial charge in [-0.1, -0.05) is 31.9 Å². The van der Waals surface area contributed by atoms with Gasteiger partial charge in [0.2, 0.25) is 20.2 Å². The Balaban J connectivity index is 1.31. The zero-order valence-electron chi connectivity index (χ0n) is 28.0. The Kier molecular flexibility index (Phi) is 9.52. The van der Waals surface area contributed by atoms with E-state index in [0.717, 1.165) is 49.8 Å². The van der Waals surface area contributed by atoms with E-state index in [2.05, 4.69) is 0 Å². The van der Waals surface area contributed by atoms with Gasteiger partial charge in [0, 0.05) is 42.2 Å². The number of carbonyl (C=O) groups is 3. The largest absolute Gasteiger partial charge is 0.497 e. The molecular formula is C36H48FN3O6Si. The molecule has 3 saturated heterocycles. The minimum atomic E-state index is -3.46.